The van der Waals surface area contributed by atoms with E-state index in [9.17, 15) is 0 Å². The number of nitrogens with zero attached hydrogens (tertiary/aromatic N) is 2. The maximum Gasteiger partial charge on any atom is 0.278 e. The molecule has 0 spiro atoms. The molecule has 4 heteroatoms. The van der Waals surface area contributed by atoms with Gasteiger partial charge in [-0.3, -0.25) is 0 Å². The average molecular weight is 170 g/mol. The second-order valence-electron chi connectivity index (χ2n) is 3.37. The maximum absolute atomic E-state index is 8.29. The zero-order chi connectivity index (χ0) is 8.91. The first-order valence-electron chi connectivity index (χ1n) is 3.54. The third-order valence-corrected chi connectivity index (χ3v) is 1.45. The Balaban J connectivity index is 3.85. The van der Waals surface area contributed by atoms with Crippen molar-refractivity contribution in [1.29, 1.82) is 5.26 Å². The third-order valence-electron chi connectivity index (χ3n) is 0.810. The zero-order valence-corrected chi connectivity index (χ0v) is 8.51. The number of oxime groups is 1. The van der Waals surface area contributed by atoms with E-state index in [0.29, 0.717) is 6.42 Å². The van der Waals surface area contributed by atoms with E-state index in [1.807, 2.05) is 6.07 Å². The Morgan fingerprint density at radius 3 is 2.45 bits per heavy atom. The van der Waals surface area contributed by atoms with Crippen molar-refractivity contribution in [3.63, 3.8) is 0 Å². The molecule has 0 unspecified atom stereocenters. The molecule has 0 atom stereocenters. The third kappa shape index (κ3) is 7.07. The van der Waals surface area contributed by atoms with Gasteiger partial charge in [0.15, 0.2) is 0 Å². The van der Waals surface area contributed by atoms with Gasteiger partial charge < -0.3 is 4.53 Å². The minimum absolute atomic E-state index is 0.352. The van der Waals surface area contributed by atoms with Crippen molar-refractivity contribution in [2.45, 2.75) is 33.0 Å². The van der Waals surface area contributed by atoms with E-state index >= 15 is 0 Å². The van der Waals surface area contributed by atoms with Crippen LogP contribution < -0.4 is 0 Å². The summed E-state index contributed by atoms with van der Waals surface area (Å²) in [5.74, 6) is 0. The standard InChI is InChI=1S/C7H14N2OSi/c1-7(5-6-8)9-10-11(2,3)4/h5H2,1-4H3/b9-7+. The molecule has 62 valence electrons. The Morgan fingerprint density at radius 1 is 1.55 bits per heavy atom. The highest BCUT2D eigenvalue weighted by atomic mass is 28.4. The van der Waals surface area contributed by atoms with Crippen LogP contribution in [0.25, 0.3) is 0 Å². The summed E-state index contributed by atoms with van der Waals surface area (Å²) in [7, 11) is -1.55. The van der Waals surface area contributed by atoms with Gasteiger partial charge in [0.05, 0.1) is 18.2 Å². The Kier molecular flexibility index (Phi) is 3.83. The lowest BCUT2D eigenvalue weighted by Crippen LogP contribution is -2.22. The van der Waals surface area contributed by atoms with Crippen LogP contribution >= 0.6 is 0 Å². The first-order valence-corrected chi connectivity index (χ1v) is 6.95. The summed E-state index contributed by atoms with van der Waals surface area (Å²) in [6.45, 7) is 7.95. The monoisotopic (exact) mass is 170 g/mol. The second kappa shape index (κ2) is 4.14. The molecule has 0 saturated carbocycles. The molecule has 0 saturated heterocycles. The molecule has 0 aromatic heterocycles. The van der Waals surface area contributed by atoms with Gasteiger partial charge in [-0.2, -0.15) is 5.26 Å². The van der Waals surface area contributed by atoms with Crippen molar-refractivity contribution in [1.82, 2.24) is 0 Å². The SMILES string of the molecule is C/C(CC#N)=N\O[Si](C)(C)C. The van der Waals surface area contributed by atoms with E-state index in [2.05, 4.69) is 24.8 Å². The van der Waals surface area contributed by atoms with Crippen LogP contribution in [0, 0.1) is 11.3 Å². The number of rotatable bonds is 3. The van der Waals surface area contributed by atoms with E-state index in [1.54, 1.807) is 6.92 Å². The summed E-state index contributed by atoms with van der Waals surface area (Å²) < 4.78 is 5.22. The predicted octanol–water partition coefficient (Wildman–Crippen LogP) is 2.13. The fourth-order valence-electron chi connectivity index (χ4n) is 0.362. The molecule has 0 radical (unpaired) electrons. The molecular weight excluding hydrogens is 156 g/mol. The van der Waals surface area contributed by atoms with Gasteiger partial charge in [-0.05, 0) is 26.6 Å². The molecule has 0 amide bonds. The Hall–Kier alpha value is -0.823. The van der Waals surface area contributed by atoms with Crippen LogP contribution in [0.1, 0.15) is 13.3 Å². The quantitative estimate of drug-likeness (QED) is 0.370. The van der Waals surface area contributed by atoms with Crippen LogP contribution in [-0.4, -0.2) is 14.0 Å². The largest absolute Gasteiger partial charge is 0.456 e. The van der Waals surface area contributed by atoms with Crippen molar-refractivity contribution < 1.29 is 4.53 Å². The molecule has 0 fully saturated rings. The topological polar surface area (TPSA) is 45.4 Å². The van der Waals surface area contributed by atoms with Crippen LogP contribution in [0.4, 0.5) is 0 Å². The van der Waals surface area contributed by atoms with Crippen molar-refractivity contribution in [3.8, 4) is 6.07 Å². The molecule has 11 heavy (non-hydrogen) atoms. The van der Waals surface area contributed by atoms with Crippen molar-refractivity contribution in [2.24, 2.45) is 5.16 Å². The summed E-state index contributed by atoms with van der Waals surface area (Å²) in [4.78, 5) is 0. The van der Waals surface area contributed by atoms with Gasteiger partial charge in [-0.25, -0.2) is 0 Å². The molecule has 0 bridgehead atoms. The van der Waals surface area contributed by atoms with E-state index in [4.69, 9.17) is 9.79 Å². The highest BCUT2D eigenvalue weighted by molar-refractivity contribution is 6.69. The van der Waals surface area contributed by atoms with Crippen LogP contribution in [0.15, 0.2) is 5.16 Å². The molecule has 0 rings (SSSR count). The highest BCUT2D eigenvalue weighted by Crippen LogP contribution is 2.03. The molecule has 0 aromatic carbocycles. The molecule has 0 aliphatic carbocycles. The van der Waals surface area contributed by atoms with Gasteiger partial charge in [0.25, 0.3) is 8.32 Å². The van der Waals surface area contributed by atoms with Crippen molar-refractivity contribution >= 4 is 14.0 Å². The molecule has 3 nitrogen and oxygen atoms in total. The van der Waals surface area contributed by atoms with Crippen molar-refractivity contribution in [2.75, 3.05) is 0 Å². The van der Waals surface area contributed by atoms with E-state index in [0.717, 1.165) is 5.71 Å². The maximum atomic E-state index is 8.29. The molecule has 0 N–H and O–H groups in total. The number of hydrogen-bond donors (Lipinski definition) is 0. The average Bonchev–Trinajstić information content (AvgIpc) is 1.83. The summed E-state index contributed by atoms with van der Waals surface area (Å²) in [5, 5.41) is 12.1. The van der Waals surface area contributed by atoms with E-state index in [1.165, 1.54) is 0 Å². The van der Waals surface area contributed by atoms with Crippen molar-refractivity contribution in [3.05, 3.63) is 0 Å². The second-order valence-corrected chi connectivity index (χ2v) is 7.77. The van der Waals surface area contributed by atoms with Gasteiger partial charge in [0.1, 0.15) is 0 Å². The normalized spacial score (nSPS) is 12.5. The Morgan fingerprint density at radius 2 is 2.09 bits per heavy atom. The predicted molar refractivity (Wildman–Crippen MR) is 47.8 cm³/mol. The number of nitriles is 1. The molecule has 0 aliphatic heterocycles. The molecular formula is C7H14N2OSi. The summed E-state index contributed by atoms with van der Waals surface area (Å²) >= 11 is 0. The summed E-state index contributed by atoms with van der Waals surface area (Å²) in [6, 6.07) is 2.01. The molecule has 0 heterocycles. The van der Waals surface area contributed by atoms with Gasteiger partial charge >= 0.3 is 0 Å². The first-order chi connectivity index (χ1) is 4.95. The minimum Gasteiger partial charge on any atom is -0.456 e. The van der Waals surface area contributed by atoms with Crippen LogP contribution in [0.5, 0.6) is 0 Å². The van der Waals surface area contributed by atoms with E-state index in [-0.39, 0.29) is 0 Å². The smallest absolute Gasteiger partial charge is 0.278 e. The van der Waals surface area contributed by atoms with E-state index < -0.39 is 8.32 Å². The Bertz CT molecular complexity index is 188. The van der Waals surface area contributed by atoms with Crippen LogP contribution in [0.3, 0.4) is 0 Å². The molecule has 0 aliphatic rings. The number of hydrogen-bond acceptors (Lipinski definition) is 3. The molecule has 0 aromatic rings. The van der Waals surface area contributed by atoms with Crippen LogP contribution in [0.2, 0.25) is 19.6 Å². The first kappa shape index (κ1) is 10.2. The van der Waals surface area contributed by atoms with Crippen LogP contribution in [-0.2, 0) is 4.53 Å². The Labute approximate surface area is 68.8 Å². The minimum atomic E-state index is -1.55. The van der Waals surface area contributed by atoms with Gasteiger partial charge in [0.2, 0.25) is 0 Å². The fraction of sp³-hybridized carbons (Fsp3) is 0.714. The van der Waals surface area contributed by atoms with Gasteiger partial charge in [0, 0.05) is 0 Å². The lowest BCUT2D eigenvalue weighted by atomic mass is 10.3. The zero-order valence-electron chi connectivity index (χ0n) is 7.51. The highest BCUT2D eigenvalue weighted by Gasteiger charge is 2.15. The van der Waals surface area contributed by atoms with Gasteiger partial charge in [-0.15, -0.1) is 5.16 Å². The summed E-state index contributed by atoms with van der Waals surface area (Å²) in [6.07, 6.45) is 0.352. The fourth-order valence-corrected chi connectivity index (χ4v) is 0.791. The summed E-state index contributed by atoms with van der Waals surface area (Å²) in [5.41, 5.74) is 0.745. The van der Waals surface area contributed by atoms with Gasteiger partial charge in [-0.1, -0.05) is 0 Å². The lowest BCUT2D eigenvalue weighted by molar-refractivity contribution is 0.334. The lowest BCUT2D eigenvalue weighted by Gasteiger charge is -2.12.